The van der Waals surface area contributed by atoms with Gasteiger partial charge in [0.2, 0.25) is 5.70 Å². The fourth-order valence-corrected chi connectivity index (χ4v) is 3.94. The quantitative estimate of drug-likeness (QED) is 0.421. The molecule has 0 saturated carbocycles. The lowest BCUT2D eigenvalue weighted by molar-refractivity contribution is -0.791. The van der Waals surface area contributed by atoms with Crippen LogP contribution in [0, 0.1) is 0 Å². The van der Waals surface area contributed by atoms with Crippen molar-refractivity contribution in [1.29, 1.82) is 0 Å². The fraction of sp³-hybridized carbons (Fsp3) is 0.200. The number of carboxylic acid groups (broad SMARTS) is 1. The number of fused-ring (bicyclic) bond motifs is 1. The summed E-state index contributed by atoms with van der Waals surface area (Å²) in [6, 6.07) is 12.0. The number of methoxy groups -OCH3 is 3. The number of aromatic carboxylic acids is 1. The lowest BCUT2D eigenvalue weighted by Crippen LogP contribution is -2.56. The van der Waals surface area contributed by atoms with Crippen LogP contribution in [0.3, 0.4) is 0 Å². The van der Waals surface area contributed by atoms with E-state index < -0.39 is 11.9 Å². The first-order valence-electron chi connectivity index (χ1n) is 10.7. The van der Waals surface area contributed by atoms with Crippen molar-refractivity contribution in [3.8, 4) is 11.5 Å². The van der Waals surface area contributed by atoms with Gasteiger partial charge in [0, 0.05) is 11.6 Å². The van der Waals surface area contributed by atoms with Gasteiger partial charge in [-0.3, -0.25) is 9.79 Å². The van der Waals surface area contributed by atoms with Gasteiger partial charge in [-0.2, -0.15) is 4.99 Å². The Morgan fingerprint density at radius 1 is 1.06 bits per heavy atom. The number of carbonyl (C=O) groups is 2. The maximum absolute atomic E-state index is 12.1. The minimum atomic E-state index is -1.02. The average Bonchev–Trinajstić information content (AvgIpc) is 3.21. The summed E-state index contributed by atoms with van der Waals surface area (Å²) in [5, 5.41) is 9.29. The number of benzene rings is 2. The molecule has 0 amide bonds. The molecule has 10 nitrogen and oxygen atoms in total. The number of ether oxygens (including phenoxy) is 3. The van der Waals surface area contributed by atoms with E-state index in [-0.39, 0.29) is 16.6 Å². The number of quaternary nitrogens is 1. The number of hydrogen-bond acceptors (Lipinski definition) is 8. The number of carboxylic acids is 1. The van der Waals surface area contributed by atoms with Crippen LogP contribution in [0.4, 0.5) is 0 Å². The SMILES string of the molecule is COC(=O)CC1=C2C=NC=C[N+]2(NCc2ccc(OC)cc2OC)C(c2ccc(C(=O)O)cc2)=N1. The molecule has 2 aliphatic heterocycles. The molecule has 2 heterocycles. The van der Waals surface area contributed by atoms with E-state index in [4.69, 9.17) is 19.2 Å². The summed E-state index contributed by atoms with van der Waals surface area (Å²) in [6.07, 6.45) is 5.07. The summed E-state index contributed by atoms with van der Waals surface area (Å²) in [5.41, 5.74) is 6.38. The Labute approximate surface area is 202 Å². The highest BCUT2D eigenvalue weighted by atomic mass is 16.5. The molecule has 0 saturated heterocycles. The number of nitrogens with zero attached hydrogens (tertiary/aromatic N) is 3. The number of carbonyl (C=O) groups excluding carboxylic acids is 1. The zero-order valence-electron chi connectivity index (χ0n) is 19.5. The number of esters is 1. The van der Waals surface area contributed by atoms with Gasteiger partial charge in [0.1, 0.15) is 23.4 Å². The van der Waals surface area contributed by atoms with Crippen LogP contribution < -0.4 is 14.9 Å². The number of hydrogen-bond donors (Lipinski definition) is 2. The Morgan fingerprint density at radius 3 is 2.49 bits per heavy atom. The van der Waals surface area contributed by atoms with Crippen LogP contribution in [0.1, 0.15) is 27.9 Å². The van der Waals surface area contributed by atoms with Gasteiger partial charge >= 0.3 is 11.9 Å². The van der Waals surface area contributed by atoms with Crippen LogP contribution in [0.2, 0.25) is 0 Å². The van der Waals surface area contributed by atoms with Gasteiger partial charge in [-0.05, 0) is 30.3 Å². The number of rotatable bonds is 9. The van der Waals surface area contributed by atoms with Crippen molar-refractivity contribution >= 4 is 24.0 Å². The van der Waals surface area contributed by atoms with Crippen molar-refractivity contribution in [1.82, 2.24) is 5.43 Å². The molecule has 180 valence electrons. The molecule has 1 unspecified atom stereocenters. The molecule has 10 heteroatoms. The Hall–Kier alpha value is -4.28. The highest BCUT2D eigenvalue weighted by Crippen LogP contribution is 2.35. The summed E-state index contributed by atoms with van der Waals surface area (Å²) in [7, 11) is 4.50. The summed E-state index contributed by atoms with van der Waals surface area (Å²) in [6.45, 7) is 0.368. The van der Waals surface area contributed by atoms with E-state index in [1.54, 1.807) is 44.8 Å². The van der Waals surface area contributed by atoms with Gasteiger partial charge in [-0.15, -0.1) is 10.0 Å². The average molecular weight is 477 g/mol. The minimum Gasteiger partial charge on any atom is -0.497 e. The third-order valence-corrected chi connectivity index (χ3v) is 5.77. The Morgan fingerprint density at radius 2 is 1.83 bits per heavy atom. The highest BCUT2D eigenvalue weighted by molar-refractivity contribution is 6.01. The van der Waals surface area contributed by atoms with E-state index in [0.717, 1.165) is 5.56 Å². The maximum Gasteiger partial charge on any atom is 0.335 e. The van der Waals surface area contributed by atoms with Crippen molar-refractivity contribution in [2.24, 2.45) is 9.98 Å². The first kappa shape index (κ1) is 23.9. The van der Waals surface area contributed by atoms with Crippen molar-refractivity contribution in [3.05, 3.63) is 82.9 Å². The fourth-order valence-electron chi connectivity index (χ4n) is 3.94. The van der Waals surface area contributed by atoms with Gasteiger partial charge in [-0.1, -0.05) is 6.07 Å². The molecule has 2 aliphatic rings. The summed E-state index contributed by atoms with van der Waals surface area (Å²) >= 11 is 0. The molecule has 2 aromatic rings. The number of amidine groups is 1. The predicted molar refractivity (Wildman–Crippen MR) is 128 cm³/mol. The third kappa shape index (κ3) is 4.57. The molecule has 2 aromatic carbocycles. The zero-order valence-corrected chi connectivity index (χ0v) is 19.5. The number of allylic oxidation sites excluding steroid dienone is 1. The zero-order chi connectivity index (χ0) is 25.0. The Balaban J connectivity index is 1.77. The van der Waals surface area contributed by atoms with Crippen LogP contribution in [0.5, 0.6) is 11.5 Å². The van der Waals surface area contributed by atoms with Crippen molar-refractivity contribution in [2.75, 3.05) is 21.3 Å². The Bertz CT molecular complexity index is 1280. The lowest BCUT2D eigenvalue weighted by Gasteiger charge is -2.32. The van der Waals surface area contributed by atoms with Crippen LogP contribution in [0.15, 0.2) is 76.2 Å². The minimum absolute atomic E-state index is 0.0303. The second-order valence-electron chi connectivity index (χ2n) is 7.71. The molecule has 35 heavy (non-hydrogen) atoms. The molecule has 0 aliphatic carbocycles. The normalized spacial score (nSPS) is 18.2. The van der Waals surface area contributed by atoms with E-state index in [2.05, 4.69) is 10.4 Å². The molecular formula is C25H25N4O6+. The molecule has 1 atom stereocenters. The first-order valence-corrected chi connectivity index (χ1v) is 10.7. The summed E-state index contributed by atoms with van der Waals surface area (Å²) < 4.78 is 15.7. The van der Waals surface area contributed by atoms with E-state index in [9.17, 15) is 14.7 Å². The monoisotopic (exact) mass is 477 g/mol. The third-order valence-electron chi connectivity index (χ3n) is 5.77. The maximum atomic E-state index is 12.1. The first-order chi connectivity index (χ1) is 16.9. The van der Waals surface area contributed by atoms with E-state index >= 15 is 0 Å². The summed E-state index contributed by atoms with van der Waals surface area (Å²) in [4.78, 5) is 32.5. The van der Waals surface area contributed by atoms with Gasteiger partial charge < -0.3 is 19.3 Å². The molecular weight excluding hydrogens is 452 g/mol. The molecule has 0 spiro atoms. The van der Waals surface area contributed by atoms with Gasteiger partial charge in [0.15, 0.2) is 0 Å². The number of nitrogens with one attached hydrogen (secondary N) is 1. The van der Waals surface area contributed by atoms with Gasteiger partial charge in [0.05, 0.1) is 57.8 Å². The summed E-state index contributed by atoms with van der Waals surface area (Å²) in [5.74, 6) is 0.426. The van der Waals surface area contributed by atoms with Crippen LogP contribution in [-0.2, 0) is 16.1 Å². The van der Waals surface area contributed by atoms with Crippen molar-refractivity contribution < 1.29 is 33.5 Å². The van der Waals surface area contributed by atoms with Crippen molar-refractivity contribution in [3.63, 3.8) is 0 Å². The lowest BCUT2D eigenvalue weighted by atomic mass is 10.1. The van der Waals surface area contributed by atoms with E-state index in [1.165, 1.54) is 19.2 Å². The highest BCUT2D eigenvalue weighted by Gasteiger charge is 2.47. The second-order valence-corrected chi connectivity index (χ2v) is 7.71. The van der Waals surface area contributed by atoms with Gasteiger partial charge in [-0.25, -0.2) is 4.79 Å². The largest absolute Gasteiger partial charge is 0.497 e. The molecule has 0 fully saturated rings. The smallest absolute Gasteiger partial charge is 0.335 e. The topological polar surface area (TPSA) is 119 Å². The van der Waals surface area contributed by atoms with Crippen molar-refractivity contribution in [2.45, 2.75) is 13.0 Å². The number of aliphatic imine (C=N–C) groups is 2. The van der Waals surface area contributed by atoms with E-state index in [0.29, 0.717) is 40.8 Å². The van der Waals surface area contributed by atoms with Gasteiger partial charge in [0.25, 0.3) is 5.84 Å². The molecule has 0 aromatic heterocycles. The molecule has 0 radical (unpaired) electrons. The second kappa shape index (κ2) is 9.92. The molecule has 2 N–H and O–H groups in total. The van der Waals surface area contributed by atoms with Crippen LogP contribution in [0.25, 0.3) is 0 Å². The predicted octanol–water partition coefficient (Wildman–Crippen LogP) is 3.01. The standard InChI is InChI=1S/C25H24N4O6/c1-33-19-9-8-18(22(12-19)34-2)14-27-29-11-10-26-15-21(29)20(13-23(30)35-3)28-24(29)16-4-6-17(7-5-16)25(31)32/h4-12,15,27H,13-14H2,1-3H3/p+1. The molecule has 0 bridgehead atoms. The Kier molecular flexibility index (Phi) is 6.76. The van der Waals surface area contributed by atoms with Crippen LogP contribution in [-0.4, -0.2) is 55.0 Å². The molecule has 4 rings (SSSR count). The van der Waals surface area contributed by atoms with Crippen LogP contribution >= 0.6 is 0 Å². The van der Waals surface area contributed by atoms with E-state index in [1.807, 2.05) is 18.3 Å².